The van der Waals surface area contributed by atoms with E-state index in [1.165, 1.54) is 12.1 Å². The number of likely N-dealkylation sites (tertiary alicyclic amines) is 1. The molecule has 0 aromatic heterocycles. The summed E-state index contributed by atoms with van der Waals surface area (Å²) in [5, 5.41) is 10.4. The normalized spacial score (nSPS) is 16.4. The molecule has 36 heavy (non-hydrogen) atoms. The minimum absolute atomic E-state index is 0.0256. The van der Waals surface area contributed by atoms with E-state index in [-0.39, 0.29) is 17.8 Å². The van der Waals surface area contributed by atoms with E-state index in [2.05, 4.69) is 24.8 Å². The second kappa shape index (κ2) is 10.9. The Morgan fingerprint density at radius 2 is 1.69 bits per heavy atom. The first-order valence-corrected chi connectivity index (χ1v) is 13.5. The molecule has 0 spiro atoms. The molecule has 0 aliphatic carbocycles. The second-order valence-corrected chi connectivity index (χ2v) is 12.4. The quantitative estimate of drug-likeness (QED) is 0.277. The molecule has 6 heteroatoms. The van der Waals surface area contributed by atoms with Crippen molar-refractivity contribution in [2.24, 2.45) is 5.92 Å². The van der Waals surface area contributed by atoms with Crippen LogP contribution in [0.15, 0.2) is 71.6 Å². The Hall–Kier alpha value is -2.39. The van der Waals surface area contributed by atoms with Gasteiger partial charge in [0, 0.05) is 34.2 Å². The van der Waals surface area contributed by atoms with Crippen LogP contribution in [0.5, 0.6) is 0 Å². The third-order valence-corrected chi connectivity index (χ3v) is 7.89. The molecule has 0 N–H and O–H groups in total. The smallest absolute Gasteiger partial charge is 0.124 e. The summed E-state index contributed by atoms with van der Waals surface area (Å²) in [4.78, 5) is 3.13. The molecular formula is C30H31ClF2N2S. The fraction of sp³-hybridized carbons (Fsp3) is 0.367. The van der Waals surface area contributed by atoms with Gasteiger partial charge in [0.2, 0.25) is 0 Å². The molecule has 1 saturated heterocycles. The van der Waals surface area contributed by atoms with Crippen LogP contribution < -0.4 is 0 Å². The number of alkyl halides is 1. The summed E-state index contributed by atoms with van der Waals surface area (Å²) < 4.78 is 30.2. The van der Waals surface area contributed by atoms with Gasteiger partial charge in [0.1, 0.15) is 11.5 Å². The minimum atomic E-state index is -1.51. The first-order chi connectivity index (χ1) is 17.0. The fourth-order valence-electron chi connectivity index (χ4n) is 5.34. The van der Waals surface area contributed by atoms with Crippen molar-refractivity contribution in [2.75, 3.05) is 13.1 Å². The maximum Gasteiger partial charge on any atom is 0.124 e. The molecule has 1 aliphatic heterocycles. The molecule has 0 saturated carbocycles. The molecule has 188 valence electrons. The van der Waals surface area contributed by atoms with Crippen molar-refractivity contribution in [3.8, 4) is 6.07 Å². The Morgan fingerprint density at radius 1 is 1.00 bits per heavy atom. The Morgan fingerprint density at radius 3 is 2.31 bits per heavy atom. The highest BCUT2D eigenvalue weighted by atomic mass is 35.5. The van der Waals surface area contributed by atoms with E-state index in [9.17, 15) is 9.65 Å². The molecule has 3 aromatic rings. The summed E-state index contributed by atoms with van der Waals surface area (Å²) in [5.41, 5.74) is 1.87. The molecule has 0 bridgehead atoms. The second-order valence-electron chi connectivity index (χ2n) is 10.3. The predicted octanol–water partition coefficient (Wildman–Crippen LogP) is 8.40. The summed E-state index contributed by atoms with van der Waals surface area (Å²) in [6.45, 7) is 8.62. The van der Waals surface area contributed by atoms with Gasteiger partial charge in [-0.15, -0.1) is 11.8 Å². The van der Waals surface area contributed by atoms with Gasteiger partial charge in [-0.3, -0.25) is 4.90 Å². The van der Waals surface area contributed by atoms with E-state index >= 15 is 4.39 Å². The first kappa shape index (κ1) is 26.7. The molecule has 0 unspecified atom stereocenters. The molecule has 2 nitrogen and oxygen atoms in total. The Kier molecular flexibility index (Phi) is 8.09. The molecule has 3 aromatic carbocycles. The highest BCUT2D eigenvalue weighted by Gasteiger charge is 2.45. The average molecular weight is 525 g/mol. The number of thioether (sulfide) groups is 1. The van der Waals surface area contributed by atoms with Crippen LogP contribution in [0, 0.1) is 23.1 Å². The van der Waals surface area contributed by atoms with Crippen molar-refractivity contribution >= 4 is 23.4 Å². The number of hydrogen-bond donors (Lipinski definition) is 0. The maximum atomic E-state index is 15.7. The molecule has 1 fully saturated rings. The molecule has 0 amide bonds. The summed E-state index contributed by atoms with van der Waals surface area (Å²) in [7, 11) is 0. The lowest BCUT2D eigenvalue weighted by molar-refractivity contribution is 0.00806. The van der Waals surface area contributed by atoms with Gasteiger partial charge in [-0.1, -0.05) is 49.7 Å². The van der Waals surface area contributed by atoms with Crippen LogP contribution in [0.2, 0.25) is 5.02 Å². The van der Waals surface area contributed by atoms with Gasteiger partial charge in [-0.05, 0) is 78.9 Å². The lowest BCUT2D eigenvalue weighted by Crippen LogP contribution is -2.53. The summed E-state index contributed by atoms with van der Waals surface area (Å²) >= 11 is 7.73. The van der Waals surface area contributed by atoms with E-state index in [4.69, 9.17) is 11.6 Å². The highest BCUT2D eigenvalue weighted by Crippen LogP contribution is 2.46. The molecule has 1 heterocycles. The van der Waals surface area contributed by atoms with Crippen molar-refractivity contribution in [1.29, 1.82) is 5.26 Å². The van der Waals surface area contributed by atoms with E-state index in [1.807, 2.05) is 48.5 Å². The third-order valence-electron chi connectivity index (χ3n) is 6.66. The van der Waals surface area contributed by atoms with Crippen LogP contribution in [-0.4, -0.2) is 28.9 Å². The highest BCUT2D eigenvalue weighted by molar-refractivity contribution is 7.99. The van der Waals surface area contributed by atoms with Crippen LogP contribution in [0.1, 0.15) is 61.9 Å². The predicted molar refractivity (Wildman–Crippen MR) is 145 cm³/mol. The number of hydrogen-bond acceptors (Lipinski definition) is 3. The monoisotopic (exact) mass is 524 g/mol. The zero-order chi connectivity index (χ0) is 26.0. The number of nitriles is 1. The van der Waals surface area contributed by atoms with Crippen LogP contribution in [0.4, 0.5) is 8.78 Å². The van der Waals surface area contributed by atoms with Crippen molar-refractivity contribution in [3.05, 3.63) is 99.8 Å². The summed E-state index contributed by atoms with van der Waals surface area (Å²) in [6.07, 6.45) is 0. The topological polar surface area (TPSA) is 27.0 Å². The molecular weight excluding hydrogens is 494 g/mol. The van der Waals surface area contributed by atoms with Gasteiger partial charge in [-0.2, -0.15) is 5.26 Å². The van der Waals surface area contributed by atoms with E-state index in [1.54, 1.807) is 31.7 Å². The largest absolute Gasteiger partial charge is 0.292 e. The number of rotatable bonds is 8. The van der Waals surface area contributed by atoms with E-state index in [0.29, 0.717) is 34.5 Å². The molecule has 0 radical (unpaired) electrons. The number of benzene rings is 3. The lowest BCUT2D eigenvalue weighted by atomic mass is 9.72. The standard InChI is InChI=1S/C30H31ClF2N2S/c1-19(2)36-27-14-23(13-26(32)15-27)28(30(3,4)33)24-17-35(18-24)29(21-8-10-25(31)11-9-21)22-7-5-6-20(12-22)16-34/h5-15,19,24,28-29H,17-18H2,1-4H3/t28-,29+/m1/s1. The van der Waals surface area contributed by atoms with E-state index < -0.39 is 11.6 Å². The summed E-state index contributed by atoms with van der Waals surface area (Å²) in [5.74, 6) is -0.738. The van der Waals surface area contributed by atoms with Crippen LogP contribution in [-0.2, 0) is 0 Å². The van der Waals surface area contributed by atoms with Gasteiger partial charge in [-0.25, -0.2) is 8.78 Å². The van der Waals surface area contributed by atoms with Crippen molar-refractivity contribution < 1.29 is 8.78 Å². The minimum Gasteiger partial charge on any atom is -0.292 e. The number of nitrogens with zero attached hydrogens (tertiary/aromatic N) is 2. The molecule has 4 rings (SSSR count). The van der Waals surface area contributed by atoms with E-state index in [0.717, 1.165) is 16.0 Å². The third kappa shape index (κ3) is 6.11. The first-order valence-electron chi connectivity index (χ1n) is 12.2. The van der Waals surface area contributed by atoms with Gasteiger partial charge in [0.15, 0.2) is 0 Å². The lowest BCUT2D eigenvalue weighted by Gasteiger charge is -2.50. The van der Waals surface area contributed by atoms with Crippen LogP contribution in [0.3, 0.4) is 0 Å². The van der Waals surface area contributed by atoms with Gasteiger partial charge in [0.05, 0.1) is 17.7 Å². The van der Waals surface area contributed by atoms with Crippen LogP contribution in [0.25, 0.3) is 0 Å². The zero-order valence-corrected chi connectivity index (χ0v) is 22.6. The zero-order valence-electron chi connectivity index (χ0n) is 21.0. The van der Waals surface area contributed by atoms with Crippen LogP contribution >= 0.6 is 23.4 Å². The maximum absolute atomic E-state index is 15.7. The van der Waals surface area contributed by atoms with Gasteiger partial charge in [0.25, 0.3) is 0 Å². The average Bonchev–Trinajstić information content (AvgIpc) is 2.77. The molecule has 1 aliphatic rings. The Labute approximate surface area is 222 Å². The number of halogens is 3. The van der Waals surface area contributed by atoms with Gasteiger partial charge < -0.3 is 0 Å². The Bertz CT molecular complexity index is 1240. The van der Waals surface area contributed by atoms with Crippen molar-refractivity contribution in [2.45, 2.75) is 55.5 Å². The van der Waals surface area contributed by atoms with Crippen molar-refractivity contribution in [1.82, 2.24) is 4.90 Å². The Balaban J connectivity index is 1.65. The SMILES string of the molecule is CC(C)Sc1cc(F)cc([C@H](C2CN([C@@H](c3ccc(Cl)cc3)c3cccc(C#N)c3)C2)C(C)(C)F)c1. The van der Waals surface area contributed by atoms with Gasteiger partial charge >= 0.3 is 0 Å². The van der Waals surface area contributed by atoms with Crippen molar-refractivity contribution in [3.63, 3.8) is 0 Å². The summed E-state index contributed by atoms with van der Waals surface area (Å²) in [6, 6.07) is 22.4. The fourth-order valence-corrected chi connectivity index (χ4v) is 6.40. The molecule has 2 atom stereocenters.